The first-order chi connectivity index (χ1) is 4.70. The Balaban J connectivity index is 2.89. The molecule has 1 aromatic rings. The molecule has 0 atom stereocenters. The van der Waals surface area contributed by atoms with Crippen LogP contribution in [0.2, 0.25) is 0 Å². The number of hydrogen-bond donors (Lipinski definition) is 1. The van der Waals surface area contributed by atoms with Crippen molar-refractivity contribution in [1.82, 2.24) is 4.98 Å². The van der Waals surface area contributed by atoms with Crippen LogP contribution in [0, 0.1) is 6.92 Å². The average Bonchev–Trinajstić information content (AvgIpc) is 1.88. The molecule has 0 amide bonds. The van der Waals surface area contributed by atoms with E-state index in [9.17, 15) is 0 Å². The van der Waals surface area contributed by atoms with E-state index in [1.54, 1.807) is 13.2 Å². The van der Waals surface area contributed by atoms with E-state index >= 15 is 0 Å². The van der Waals surface area contributed by atoms with Crippen LogP contribution in [-0.2, 0) is 0 Å². The summed E-state index contributed by atoms with van der Waals surface area (Å²) in [6.45, 7) is 1.99. The number of rotatable bonds is 1. The fourth-order valence-electron chi connectivity index (χ4n) is 0.669. The quantitative estimate of drug-likeness (QED) is 0.457. The standard InChI is InChI=1S/C7H11N3/c1-6-3-4-7(9-5-6)10(2)8/h3-5H,8H2,1-2H3. The predicted octanol–water partition coefficient (Wildman–Crippen LogP) is 0.700. The molecule has 0 saturated heterocycles. The molecule has 3 heteroatoms. The summed E-state index contributed by atoms with van der Waals surface area (Å²) in [5.74, 6) is 6.22. The van der Waals surface area contributed by atoms with Gasteiger partial charge in [-0.05, 0) is 18.6 Å². The number of aromatic nitrogens is 1. The van der Waals surface area contributed by atoms with Gasteiger partial charge in [-0.25, -0.2) is 10.8 Å². The second-order valence-corrected chi connectivity index (χ2v) is 2.30. The highest BCUT2D eigenvalue weighted by Crippen LogP contribution is 2.04. The van der Waals surface area contributed by atoms with E-state index < -0.39 is 0 Å². The first kappa shape index (κ1) is 7.02. The smallest absolute Gasteiger partial charge is 0.142 e. The van der Waals surface area contributed by atoms with Crippen LogP contribution in [0.25, 0.3) is 0 Å². The van der Waals surface area contributed by atoms with E-state index in [1.807, 2.05) is 19.1 Å². The Morgan fingerprint density at radius 1 is 1.50 bits per heavy atom. The molecule has 54 valence electrons. The number of hydrogen-bond acceptors (Lipinski definition) is 3. The molecule has 0 saturated carbocycles. The number of nitrogens with two attached hydrogens (primary N) is 1. The van der Waals surface area contributed by atoms with Crippen LogP contribution in [0.5, 0.6) is 0 Å². The molecule has 0 unspecified atom stereocenters. The Morgan fingerprint density at radius 3 is 2.60 bits per heavy atom. The lowest BCUT2D eigenvalue weighted by molar-refractivity contribution is 0.974. The van der Waals surface area contributed by atoms with Crippen LogP contribution in [0.3, 0.4) is 0 Å². The zero-order chi connectivity index (χ0) is 7.56. The lowest BCUT2D eigenvalue weighted by atomic mass is 10.3. The lowest BCUT2D eigenvalue weighted by Crippen LogP contribution is -2.25. The molecule has 0 bridgehead atoms. The zero-order valence-corrected chi connectivity index (χ0v) is 6.20. The first-order valence-electron chi connectivity index (χ1n) is 3.11. The van der Waals surface area contributed by atoms with E-state index in [1.165, 1.54) is 5.01 Å². The fraction of sp³-hybridized carbons (Fsp3) is 0.286. The van der Waals surface area contributed by atoms with Gasteiger partial charge < -0.3 is 0 Å². The van der Waals surface area contributed by atoms with Gasteiger partial charge in [0.1, 0.15) is 5.82 Å². The van der Waals surface area contributed by atoms with Crippen LogP contribution in [0.4, 0.5) is 5.82 Å². The maximum absolute atomic E-state index is 5.43. The maximum Gasteiger partial charge on any atom is 0.142 e. The van der Waals surface area contributed by atoms with E-state index in [0.29, 0.717) is 0 Å². The molecule has 1 heterocycles. The summed E-state index contributed by atoms with van der Waals surface area (Å²) >= 11 is 0. The normalized spacial score (nSPS) is 9.50. The van der Waals surface area contributed by atoms with Gasteiger partial charge in [0.05, 0.1) is 0 Å². The van der Waals surface area contributed by atoms with Crippen LogP contribution >= 0.6 is 0 Å². The number of anilines is 1. The van der Waals surface area contributed by atoms with Crippen molar-refractivity contribution in [3.05, 3.63) is 23.9 Å². The molecular weight excluding hydrogens is 126 g/mol. The minimum Gasteiger partial charge on any atom is -0.298 e. The van der Waals surface area contributed by atoms with E-state index in [0.717, 1.165) is 11.4 Å². The summed E-state index contributed by atoms with van der Waals surface area (Å²) in [5.41, 5.74) is 1.14. The Kier molecular flexibility index (Phi) is 1.87. The molecular formula is C7H11N3. The first-order valence-corrected chi connectivity index (χ1v) is 3.11. The van der Waals surface area contributed by atoms with Gasteiger partial charge in [0.15, 0.2) is 0 Å². The molecule has 0 aromatic carbocycles. The SMILES string of the molecule is Cc1ccc(N(C)N)nc1. The van der Waals surface area contributed by atoms with Gasteiger partial charge in [0, 0.05) is 13.2 Å². The topological polar surface area (TPSA) is 42.1 Å². The second-order valence-electron chi connectivity index (χ2n) is 2.30. The Morgan fingerprint density at radius 2 is 2.20 bits per heavy atom. The van der Waals surface area contributed by atoms with E-state index in [-0.39, 0.29) is 0 Å². The van der Waals surface area contributed by atoms with Gasteiger partial charge in [0.2, 0.25) is 0 Å². The maximum atomic E-state index is 5.43. The van der Waals surface area contributed by atoms with Crippen LogP contribution in [-0.4, -0.2) is 12.0 Å². The molecule has 0 aliphatic heterocycles. The highest BCUT2D eigenvalue weighted by atomic mass is 15.4. The minimum atomic E-state index is 0.783. The Bertz CT molecular complexity index is 203. The summed E-state index contributed by atoms with van der Waals surface area (Å²) in [4.78, 5) is 4.08. The van der Waals surface area contributed by atoms with Crippen molar-refractivity contribution >= 4 is 5.82 Å². The largest absolute Gasteiger partial charge is 0.298 e. The molecule has 10 heavy (non-hydrogen) atoms. The molecule has 0 radical (unpaired) electrons. The summed E-state index contributed by atoms with van der Waals surface area (Å²) in [6.07, 6.45) is 1.79. The van der Waals surface area contributed by atoms with Crippen LogP contribution < -0.4 is 10.9 Å². The Labute approximate surface area is 60.5 Å². The van der Waals surface area contributed by atoms with Crippen molar-refractivity contribution in [2.24, 2.45) is 5.84 Å². The number of aryl methyl sites for hydroxylation is 1. The fourth-order valence-corrected chi connectivity index (χ4v) is 0.669. The third-order valence-electron chi connectivity index (χ3n) is 1.26. The highest BCUT2D eigenvalue weighted by Gasteiger charge is 1.93. The monoisotopic (exact) mass is 137 g/mol. The van der Waals surface area contributed by atoms with Gasteiger partial charge in [-0.3, -0.25) is 5.01 Å². The summed E-state index contributed by atoms with van der Waals surface area (Å²) < 4.78 is 0. The number of hydrazine groups is 1. The van der Waals surface area contributed by atoms with Crippen LogP contribution in [0.15, 0.2) is 18.3 Å². The minimum absolute atomic E-state index is 0.783. The van der Waals surface area contributed by atoms with Gasteiger partial charge in [-0.15, -0.1) is 0 Å². The van der Waals surface area contributed by atoms with Gasteiger partial charge in [-0.2, -0.15) is 0 Å². The van der Waals surface area contributed by atoms with Crippen molar-refractivity contribution < 1.29 is 0 Å². The lowest BCUT2D eigenvalue weighted by Gasteiger charge is -2.09. The molecule has 0 spiro atoms. The molecule has 0 aliphatic carbocycles. The molecule has 0 fully saturated rings. The molecule has 2 N–H and O–H groups in total. The third kappa shape index (κ3) is 1.45. The van der Waals surface area contributed by atoms with Gasteiger partial charge in [0.25, 0.3) is 0 Å². The number of pyridine rings is 1. The van der Waals surface area contributed by atoms with Crippen molar-refractivity contribution in [3.8, 4) is 0 Å². The predicted molar refractivity (Wildman–Crippen MR) is 41.6 cm³/mol. The van der Waals surface area contributed by atoms with Crippen molar-refractivity contribution in [3.63, 3.8) is 0 Å². The van der Waals surface area contributed by atoms with Crippen molar-refractivity contribution in [1.29, 1.82) is 0 Å². The number of nitrogens with zero attached hydrogens (tertiary/aromatic N) is 2. The molecule has 1 rings (SSSR count). The molecule has 3 nitrogen and oxygen atoms in total. The van der Waals surface area contributed by atoms with E-state index in [2.05, 4.69) is 4.98 Å². The highest BCUT2D eigenvalue weighted by molar-refractivity contribution is 5.35. The summed E-state index contributed by atoms with van der Waals surface area (Å²) in [5, 5.41) is 1.49. The van der Waals surface area contributed by atoms with Gasteiger partial charge >= 0.3 is 0 Å². The molecule has 0 aliphatic rings. The van der Waals surface area contributed by atoms with E-state index in [4.69, 9.17) is 5.84 Å². The third-order valence-corrected chi connectivity index (χ3v) is 1.26. The van der Waals surface area contributed by atoms with Gasteiger partial charge in [-0.1, -0.05) is 6.07 Å². The second kappa shape index (κ2) is 2.66. The summed E-state index contributed by atoms with van der Waals surface area (Å²) in [6, 6.07) is 3.86. The zero-order valence-electron chi connectivity index (χ0n) is 6.20. The summed E-state index contributed by atoms with van der Waals surface area (Å²) in [7, 11) is 1.76. The van der Waals surface area contributed by atoms with Crippen LogP contribution in [0.1, 0.15) is 5.56 Å². The average molecular weight is 137 g/mol. The molecule has 1 aromatic heterocycles. The van der Waals surface area contributed by atoms with Crippen molar-refractivity contribution in [2.75, 3.05) is 12.1 Å². The van der Waals surface area contributed by atoms with Crippen molar-refractivity contribution in [2.45, 2.75) is 6.92 Å². The Hall–Kier alpha value is -1.09.